The maximum Gasteiger partial charge on any atom is 0.184 e. The standard InChI is InChI=1S/C14H11N5S/c15-6-11-5-13(9-17-7-11)12-3-1-10(2-4-12)8-18-19-14(16)20/h1-5,7-9H,(H3,16,19,20). The van der Waals surface area contributed by atoms with Gasteiger partial charge in [-0.15, -0.1) is 0 Å². The van der Waals surface area contributed by atoms with E-state index < -0.39 is 0 Å². The number of pyridine rings is 1. The molecule has 0 amide bonds. The second kappa shape index (κ2) is 6.41. The molecule has 1 heterocycles. The molecule has 1 aromatic carbocycles. The Kier molecular flexibility index (Phi) is 4.37. The lowest BCUT2D eigenvalue weighted by molar-refractivity contribution is 1.04. The maximum atomic E-state index is 8.86. The van der Waals surface area contributed by atoms with Gasteiger partial charge in [0.15, 0.2) is 5.11 Å². The van der Waals surface area contributed by atoms with Crippen LogP contribution in [0.15, 0.2) is 47.8 Å². The van der Waals surface area contributed by atoms with E-state index >= 15 is 0 Å². The van der Waals surface area contributed by atoms with E-state index in [1.54, 1.807) is 18.5 Å². The molecule has 0 fully saturated rings. The van der Waals surface area contributed by atoms with E-state index in [9.17, 15) is 0 Å². The Hall–Kier alpha value is -2.78. The van der Waals surface area contributed by atoms with Gasteiger partial charge in [0.1, 0.15) is 6.07 Å². The van der Waals surface area contributed by atoms with Crippen LogP contribution in [0.25, 0.3) is 11.1 Å². The maximum absolute atomic E-state index is 8.86. The van der Waals surface area contributed by atoms with Crippen LogP contribution in [0.4, 0.5) is 0 Å². The molecule has 2 aromatic rings. The highest BCUT2D eigenvalue weighted by Gasteiger charge is 1.99. The largest absolute Gasteiger partial charge is 0.375 e. The fourth-order valence-corrected chi connectivity index (χ4v) is 1.64. The Morgan fingerprint density at radius 2 is 2.05 bits per heavy atom. The second-order valence-electron chi connectivity index (χ2n) is 3.93. The highest BCUT2D eigenvalue weighted by atomic mass is 32.1. The van der Waals surface area contributed by atoms with Crippen molar-refractivity contribution in [2.75, 3.05) is 0 Å². The van der Waals surface area contributed by atoms with Gasteiger partial charge in [-0.2, -0.15) is 10.4 Å². The second-order valence-corrected chi connectivity index (χ2v) is 4.37. The molecule has 0 radical (unpaired) electrons. The molecule has 3 N–H and O–H groups in total. The van der Waals surface area contributed by atoms with Crippen molar-refractivity contribution in [2.45, 2.75) is 0 Å². The Labute approximate surface area is 121 Å². The van der Waals surface area contributed by atoms with E-state index in [4.69, 9.17) is 11.0 Å². The number of nitrogens with zero attached hydrogens (tertiary/aromatic N) is 3. The Morgan fingerprint density at radius 3 is 2.70 bits per heavy atom. The van der Waals surface area contributed by atoms with Crippen LogP contribution < -0.4 is 11.2 Å². The average molecular weight is 281 g/mol. The lowest BCUT2D eigenvalue weighted by atomic mass is 10.0. The van der Waals surface area contributed by atoms with Crippen LogP contribution in [0.3, 0.4) is 0 Å². The van der Waals surface area contributed by atoms with Gasteiger partial charge in [-0.1, -0.05) is 24.3 Å². The van der Waals surface area contributed by atoms with Crippen LogP contribution in [0.5, 0.6) is 0 Å². The number of thiocarbonyl (C=S) groups is 1. The van der Waals surface area contributed by atoms with Gasteiger partial charge in [-0.3, -0.25) is 10.4 Å². The van der Waals surface area contributed by atoms with Crippen LogP contribution in [0.2, 0.25) is 0 Å². The molecular formula is C14H11N5S. The fourth-order valence-electron chi connectivity index (χ4n) is 1.59. The molecule has 0 unspecified atom stereocenters. The zero-order chi connectivity index (χ0) is 14.4. The predicted octanol–water partition coefficient (Wildman–Crippen LogP) is 1.79. The van der Waals surface area contributed by atoms with E-state index in [1.807, 2.05) is 24.3 Å². The summed E-state index contributed by atoms with van der Waals surface area (Å²) in [5.74, 6) is 0. The topological polar surface area (TPSA) is 87.1 Å². The first-order chi connectivity index (χ1) is 9.69. The van der Waals surface area contributed by atoms with Crippen molar-refractivity contribution >= 4 is 23.5 Å². The Bertz CT molecular complexity index is 685. The molecule has 0 atom stereocenters. The summed E-state index contributed by atoms with van der Waals surface area (Å²) in [4.78, 5) is 4.04. The number of hydrogen-bond acceptors (Lipinski definition) is 4. The molecule has 2 rings (SSSR count). The van der Waals surface area contributed by atoms with Crippen LogP contribution in [0, 0.1) is 11.3 Å². The first-order valence-electron chi connectivity index (χ1n) is 5.73. The van der Waals surface area contributed by atoms with Gasteiger partial charge in [-0.25, -0.2) is 0 Å². The van der Waals surface area contributed by atoms with E-state index in [-0.39, 0.29) is 5.11 Å². The number of hydrazone groups is 1. The molecule has 0 aliphatic rings. The minimum absolute atomic E-state index is 0.122. The summed E-state index contributed by atoms with van der Waals surface area (Å²) in [6, 6.07) is 11.5. The summed E-state index contributed by atoms with van der Waals surface area (Å²) < 4.78 is 0. The molecule has 0 spiro atoms. The molecule has 0 saturated carbocycles. The van der Waals surface area contributed by atoms with Gasteiger partial charge in [0.25, 0.3) is 0 Å². The zero-order valence-corrected chi connectivity index (χ0v) is 11.3. The van der Waals surface area contributed by atoms with Gasteiger partial charge in [-0.05, 0) is 29.4 Å². The van der Waals surface area contributed by atoms with Gasteiger partial charge in [0, 0.05) is 18.0 Å². The van der Waals surface area contributed by atoms with E-state index in [0.717, 1.165) is 16.7 Å². The van der Waals surface area contributed by atoms with E-state index in [0.29, 0.717) is 5.56 Å². The third-order valence-electron chi connectivity index (χ3n) is 2.50. The van der Waals surface area contributed by atoms with Crippen molar-refractivity contribution in [1.82, 2.24) is 10.4 Å². The SMILES string of the molecule is N#Cc1cncc(-c2ccc(C=NNC(N)=S)cc2)c1. The Balaban J connectivity index is 2.17. The molecule has 6 heteroatoms. The number of hydrogen-bond donors (Lipinski definition) is 2. The smallest absolute Gasteiger partial charge is 0.184 e. The normalized spacial score (nSPS) is 10.2. The van der Waals surface area contributed by atoms with Gasteiger partial charge in [0.2, 0.25) is 0 Å². The summed E-state index contributed by atoms with van der Waals surface area (Å²) in [6.45, 7) is 0. The molecule has 5 nitrogen and oxygen atoms in total. The third kappa shape index (κ3) is 3.60. The highest BCUT2D eigenvalue weighted by Crippen LogP contribution is 2.19. The van der Waals surface area contributed by atoms with E-state index in [1.165, 1.54) is 6.20 Å². The van der Waals surface area contributed by atoms with Crippen molar-refractivity contribution in [1.29, 1.82) is 5.26 Å². The molecule has 0 aliphatic heterocycles. The predicted molar refractivity (Wildman–Crippen MR) is 81.9 cm³/mol. The summed E-state index contributed by atoms with van der Waals surface area (Å²) in [5.41, 5.74) is 11.1. The Morgan fingerprint density at radius 1 is 1.30 bits per heavy atom. The van der Waals surface area contributed by atoms with Crippen molar-refractivity contribution in [3.05, 3.63) is 53.9 Å². The number of nitriles is 1. The summed E-state index contributed by atoms with van der Waals surface area (Å²) >= 11 is 4.64. The van der Waals surface area contributed by atoms with Gasteiger partial charge >= 0.3 is 0 Å². The summed E-state index contributed by atoms with van der Waals surface area (Å²) in [6.07, 6.45) is 4.87. The lowest BCUT2D eigenvalue weighted by Gasteiger charge is -2.02. The van der Waals surface area contributed by atoms with E-state index in [2.05, 4.69) is 33.8 Å². The number of nitrogens with one attached hydrogen (secondary N) is 1. The molecule has 0 saturated heterocycles. The molecular weight excluding hydrogens is 270 g/mol. The molecule has 1 aromatic heterocycles. The van der Waals surface area contributed by atoms with Crippen LogP contribution in [-0.4, -0.2) is 16.3 Å². The molecule has 0 aliphatic carbocycles. The average Bonchev–Trinajstić information content (AvgIpc) is 2.48. The minimum atomic E-state index is 0.122. The molecule has 20 heavy (non-hydrogen) atoms. The number of nitrogens with two attached hydrogens (primary N) is 1. The van der Waals surface area contributed by atoms with Crippen LogP contribution in [-0.2, 0) is 0 Å². The molecule has 98 valence electrons. The fraction of sp³-hybridized carbons (Fsp3) is 0. The van der Waals surface area contributed by atoms with Crippen molar-refractivity contribution in [2.24, 2.45) is 10.8 Å². The summed E-state index contributed by atoms with van der Waals surface area (Å²) in [5, 5.41) is 12.9. The van der Waals surface area contributed by atoms with Crippen LogP contribution >= 0.6 is 12.2 Å². The monoisotopic (exact) mass is 281 g/mol. The first kappa shape index (κ1) is 13.6. The van der Waals surface area contributed by atoms with Gasteiger partial charge in [0.05, 0.1) is 11.8 Å². The van der Waals surface area contributed by atoms with Crippen molar-refractivity contribution in [3.8, 4) is 17.2 Å². The highest BCUT2D eigenvalue weighted by molar-refractivity contribution is 7.80. The minimum Gasteiger partial charge on any atom is -0.375 e. The first-order valence-corrected chi connectivity index (χ1v) is 6.14. The third-order valence-corrected chi connectivity index (χ3v) is 2.59. The quantitative estimate of drug-likeness (QED) is 0.509. The molecule has 0 bridgehead atoms. The summed E-state index contributed by atoms with van der Waals surface area (Å²) in [7, 11) is 0. The number of rotatable bonds is 3. The number of benzene rings is 1. The van der Waals surface area contributed by atoms with Crippen LogP contribution in [0.1, 0.15) is 11.1 Å². The van der Waals surface area contributed by atoms with Crippen molar-refractivity contribution in [3.63, 3.8) is 0 Å². The zero-order valence-electron chi connectivity index (χ0n) is 10.4. The lowest BCUT2D eigenvalue weighted by Crippen LogP contribution is -2.23. The van der Waals surface area contributed by atoms with Gasteiger partial charge < -0.3 is 5.73 Å². The van der Waals surface area contributed by atoms with Crippen molar-refractivity contribution < 1.29 is 0 Å². The number of aromatic nitrogens is 1.